The van der Waals surface area contributed by atoms with Gasteiger partial charge in [0.25, 0.3) is 0 Å². The van der Waals surface area contributed by atoms with Gasteiger partial charge in [-0.05, 0) is 6.42 Å². The molecule has 0 unspecified atom stereocenters. The summed E-state index contributed by atoms with van der Waals surface area (Å²) in [4.78, 5) is 3.90. The molecule has 3 nitrogen and oxygen atoms in total. The molecule has 0 aromatic heterocycles. The topological polar surface area (TPSA) is 50.4 Å². The third-order valence-corrected chi connectivity index (χ3v) is 0.943. The highest BCUT2D eigenvalue weighted by Crippen LogP contribution is 1.95. The highest BCUT2D eigenvalue weighted by molar-refractivity contribution is 5.78. The average molecular weight is 127 g/mol. The van der Waals surface area contributed by atoms with Gasteiger partial charge in [0.05, 0.1) is 0 Å². The summed E-state index contributed by atoms with van der Waals surface area (Å²) < 4.78 is 0. The molecule has 0 bridgehead atoms. The number of hydrogen-bond donors (Lipinski definition) is 2. The molecule has 0 aliphatic carbocycles. The lowest BCUT2D eigenvalue weighted by Crippen LogP contribution is -2.27. The number of aliphatic imine (C=N–C) groups is 1. The Bertz CT molecular complexity index is 126. The Morgan fingerprint density at radius 1 is 1.78 bits per heavy atom. The zero-order valence-electron chi connectivity index (χ0n) is 5.94. The third kappa shape index (κ3) is 3.58. The summed E-state index contributed by atoms with van der Waals surface area (Å²) in [5.41, 5.74) is 6.12. The molecule has 0 aromatic carbocycles. The van der Waals surface area contributed by atoms with Crippen LogP contribution in [0.1, 0.15) is 13.3 Å². The first-order valence-corrected chi connectivity index (χ1v) is 2.90. The van der Waals surface area contributed by atoms with Crippen LogP contribution in [0.15, 0.2) is 17.3 Å². The number of guanidine groups is 1. The van der Waals surface area contributed by atoms with E-state index in [0.717, 1.165) is 12.1 Å². The summed E-state index contributed by atoms with van der Waals surface area (Å²) in [6.45, 7) is 5.63. The molecule has 0 spiro atoms. The number of allylic oxidation sites excluding steroid dienone is 1. The fourth-order valence-corrected chi connectivity index (χ4v) is 0.305. The van der Waals surface area contributed by atoms with Crippen molar-refractivity contribution in [1.29, 1.82) is 0 Å². The number of nitrogens with two attached hydrogens (primary N) is 1. The van der Waals surface area contributed by atoms with Gasteiger partial charge >= 0.3 is 0 Å². The van der Waals surface area contributed by atoms with Crippen molar-refractivity contribution in [3.05, 3.63) is 12.3 Å². The smallest absolute Gasteiger partial charge is 0.193 e. The van der Waals surface area contributed by atoms with Gasteiger partial charge in [0.1, 0.15) is 0 Å². The number of nitrogens with one attached hydrogen (secondary N) is 1. The van der Waals surface area contributed by atoms with Crippen molar-refractivity contribution < 1.29 is 0 Å². The molecule has 0 aliphatic rings. The van der Waals surface area contributed by atoms with Crippen molar-refractivity contribution in [2.24, 2.45) is 10.7 Å². The minimum atomic E-state index is 0.418. The average Bonchev–Trinajstić information content (AvgIpc) is 1.87. The van der Waals surface area contributed by atoms with E-state index < -0.39 is 0 Å². The molecule has 0 heterocycles. The van der Waals surface area contributed by atoms with Gasteiger partial charge in [-0.1, -0.05) is 13.5 Å². The molecular weight excluding hydrogens is 114 g/mol. The van der Waals surface area contributed by atoms with Gasteiger partial charge in [-0.3, -0.25) is 0 Å². The summed E-state index contributed by atoms with van der Waals surface area (Å²) in [7, 11) is 1.72. The molecule has 0 aromatic rings. The lowest BCUT2D eigenvalue weighted by molar-refractivity contribution is 1.04. The minimum absolute atomic E-state index is 0.418. The summed E-state index contributed by atoms with van der Waals surface area (Å²) in [5, 5.41) is 2.70. The summed E-state index contributed by atoms with van der Waals surface area (Å²) >= 11 is 0. The van der Waals surface area contributed by atoms with Crippen molar-refractivity contribution >= 4 is 5.96 Å². The summed E-state index contributed by atoms with van der Waals surface area (Å²) in [5.74, 6) is 0.418. The second-order valence-electron chi connectivity index (χ2n) is 1.67. The number of hydrogen-bond acceptors (Lipinski definition) is 1. The quantitative estimate of drug-likeness (QED) is 0.418. The first-order chi connectivity index (χ1) is 4.20. The standard InChI is InChI=1S/C6H13N3/c1-4-5(2)9-6(7)8-3/h2,4H2,1,3H3,(H3,7,8,9). The van der Waals surface area contributed by atoms with E-state index >= 15 is 0 Å². The van der Waals surface area contributed by atoms with Crippen LogP contribution in [-0.2, 0) is 0 Å². The molecule has 3 N–H and O–H groups in total. The van der Waals surface area contributed by atoms with Crippen LogP contribution in [-0.4, -0.2) is 13.0 Å². The minimum Gasteiger partial charge on any atom is -0.370 e. The van der Waals surface area contributed by atoms with Crippen molar-refractivity contribution in [3.63, 3.8) is 0 Å². The third-order valence-electron chi connectivity index (χ3n) is 0.943. The van der Waals surface area contributed by atoms with Crippen LogP contribution in [0.25, 0.3) is 0 Å². The van der Waals surface area contributed by atoms with Gasteiger partial charge in [-0.25, -0.2) is 4.99 Å². The highest BCUT2D eigenvalue weighted by atomic mass is 15.1. The van der Waals surface area contributed by atoms with Crippen LogP contribution >= 0.6 is 0 Å². The Balaban J connectivity index is 3.79. The van der Waals surface area contributed by atoms with Gasteiger partial charge in [0.15, 0.2) is 5.96 Å². The predicted molar refractivity (Wildman–Crippen MR) is 40.1 cm³/mol. The number of rotatable bonds is 2. The zero-order valence-corrected chi connectivity index (χ0v) is 5.94. The fourth-order valence-electron chi connectivity index (χ4n) is 0.305. The maximum Gasteiger partial charge on any atom is 0.193 e. The fraction of sp³-hybridized carbons (Fsp3) is 0.500. The van der Waals surface area contributed by atoms with Crippen molar-refractivity contribution in [2.75, 3.05) is 7.05 Å². The van der Waals surface area contributed by atoms with E-state index in [-0.39, 0.29) is 0 Å². The molecule has 52 valence electrons. The molecule has 0 rings (SSSR count). The highest BCUT2D eigenvalue weighted by Gasteiger charge is 1.85. The molecular formula is C6H13N3. The Hall–Kier alpha value is -0.990. The first-order valence-electron chi connectivity index (χ1n) is 2.90. The monoisotopic (exact) mass is 127 g/mol. The molecule has 3 heteroatoms. The summed E-state index contributed by atoms with van der Waals surface area (Å²) in [6.07, 6.45) is 0.836. The zero-order chi connectivity index (χ0) is 7.28. The molecule has 0 aliphatic heterocycles. The van der Waals surface area contributed by atoms with E-state index in [1.165, 1.54) is 0 Å². The predicted octanol–water partition coefficient (Wildman–Crippen LogP) is 0.444. The van der Waals surface area contributed by atoms with Crippen LogP contribution in [0, 0.1) is 0 Å². The summed E-state index contributed by atoms with van der Waals surface area (Å²) in [6, 6.07) is 0. The lowest BCUT2D eigenvalue weighted by Gasteiger charge is -1.97. The maximum absolute atomic E-state index is 5.33. The first kappa shape index (κ1) is 8.01. The van der Waals surface area contributed by atoms with Crippen LogP contribution in [0.5, 0.6) is 0 Å². The molecule has 0 saturated carbocycles. The van der Waals surface area contributed by atoms with Gasteiger partial charge in [-0.15, -0.1) is 0 Å². The lowest BCUT2D eigenvalue weighted by atomic mass is 10.4. The second-order valence-corrected chi connectivity index (χ2v) is 1.67. The van der Waals surface area contributed by atoms with Crippen LogP contribution < -0.4 is 11.1 Å². The van der Waals surface area contributed by atoms with E-state index in [0.29, 0.717) is 5.96 Å². The maximum atomic E-state index is 5.33. The molecule has 9 heavy (non-hydrogen) atoms. The van der Waals surface area contributed by atoms with Crippen molar-refractivity contribution in [1.82, 2.24) is 5.32 Å². The van der Waals surface area contributed by atoms with Crippen LogP contribution in [0.4, 0.5) is 0 Å². The molecule has 0 fully saturated rings. The Morgan fingerprint density at radius 3 is 2.67 bits per heavy atom. The normalized spacial score (nSPS) is 11.1. The van der Waals surface area contributed by atoms with Gasteiger partial charge in [0, 0.05) is 12.7 Å². The Labute approximate surface area is 55.7 Å². The van der Waals surface area contributed by atoms with E-state index in [1.807, 2.05) is 6.92 Å². The molecule has 0 saturated heterocycles. The largest absolute Gasteiger partial charge is 0.370 e. The van der Waals surface area contributed by atoms with Crippen LogP contribution in [0.2, 0.25) is 0 Å². The Kier molecular flexibility index (Phi) is 3.51. The van der Waals surface area contributed by atoms with Crippen LogP contribution in [0.3, 0.4) is 0 Å². The van der Waals surface area contributed by atoms with E-state index in [9.17, 15) is 0 Å². The van der Waals surface area contributed by atoms with E-state index in [4.69, 9.17) is 5.73 Å². The van der Waals surface area contributed by atoms with Gasteiger partial charge in [0.2, 0.25) is 0 Å². The van der Waals surface area contributed by atoms with Gasteiger partial charge < -0.3 is 11.1 Å². The molecule has 0 radical (unpaired) electrons. The number of nitrogens with zero attached hydrogens (tertiary/aromatic N) is 1. The molecule has 0 amide bonds. The second kappa shape index (κ2) is 3.95. The van der Waals surface area contributed by atoms with E-state index in [1.54, 1.807) is 7.05 Å². The van der Waals surface area contributed by atoms with E-state index in [2.05, 4.69) is 16.9 Å². The molecule has 0 atom stereocenters. The SMILES string of the molecule is C=C(CC)/N=C(/N)NC. The van der Waals surface area contributed by atoms with Crippen molar-refractivity contribution in [2.45, 2.75) is 13.3 Å². The van der Waals surface area contributed by atoms with Gasteiger partial charge in [-0.2, -0.15) is 0 Å². The Morgan fingerprint density at radius 2 is 2.33 bits per heavy atom. The van der Waals surface area contributed by atoms with Crippen molar-refractivity contribution in [3.8, 4) is 0 Å².